The fourth-order valence-electron chi connectivity index (χ4n) is 2.41. The van der Waals surface area contributed by atoms with Crippen molar-refractivity contribution in [3.05, 3.63) is 35.4 Å². The Kier molecular flexibility index (Phi) is 4.93. The zero-order valence-electron chi connectivity index (χ0n) is 11.3. The monoisotopic (exact) mass is 263 g/mol. The molecule has 1 unspecified atom stereocenters. The molecule has 1 aromatic carbocycles. The second kappa shape index (κ2) is 6.68. The van der Waals surface area contributed by atoms with Gasteiger partial charge in [0.15, 0.2) is 6.10 Å². The summed E-state index contributed by atoms with van der Waals surface area (Å²) in [5.41, 5.74) is 1.81. The van der Waals surface area contributed by atoms with Crippen LogP contribution in [0.1, 0.15) is 30.1 Å². The van der Waals surface area contributed by atoms with Crippen LogP contribution < -0.4 is 0 Å². The molecular formula is C15H21NO3. The van der Waals surface area contributed by atoms with Crippen LogP contribution in [0.3, 0.4) is 0 Å². The molecule has 0 bridgehead atoms. The summed E-state index contributed by atoms with van der Waals surface area (Å²) in [7, 11) is 1.27. The summed E-state index contributed by atoms with van der Waals surface area (Å²) in [5.74, 6) is -0.621. The Bertz CT molecular complexity index is 410. The Morgan fingerprint density at radius 2 is 1.95 bits per heavy atom. The number of benzene rings is 1. The Labute approximate surface area is 114 Å². The highest BCUT2D eigenvalue weighted by Gasteiger charge is 2.17. The van der Waals surface area contributed by atoms with Gasteiger partial charge in [0.2, 0.25) is 0 Å². The topological polar surface area (TPSA) is 49.8 Å². The minimum Gasteiger partial charge on any atom is -0.467 e. The predicted octanol–water partition coefficient (Wildman–Crippen LogP) is 1.53. The van der Waals surface area contributed by atoms with Crippen molar-refractivity contribution in [2.75, 3.05) is 26.7 Å². The van der Waals surface area contributed by atoms with E-state index >= 15 is 0 Å². The number of aliphatic hydroxyl groups excluding tert-OH is 1. The highest BCUT2D eigenvalue weighted by Crippen LogP contribution is 2.16. The minimum atomic E-state index is -1.18. The lowest BCUT2D eigenvalue weighted by molar-refractivity contribution is -0.150. The van der Waals surface area contributed by atoms with Gasteiger partial charge >= 0.3 is 5.97 Å². The molecule has 0 radical (unpaired) electrons. The average Bonchev–Trinajstić information content (AvgIpc) is 2.97. The summed E-state index contributed by atoms with van der Waals surface area (Å²) < 4.78 is 4.52. The Morgan fingerprint density at radius 3 is 2.53 bits per heavy atom. The maximum atomic E-state index is 11.2. The molecule has 1 N–H and O–H groups in total. The minimum absolute atomic E-state index is 0.580. The highest BCUT2D eigenvalue weighted by atomic mass is 16.5. The molecule has 104 valence electrons. The zero-order chi connectivity index (χ0) is 13.7. The quantitative estimate of drug-likeness (QED) is 0.819. The molecule has 1 aliphatic heterocycles. The molecule has 1 atom stereocenters. The van der Waals surface area contributed by atoms with Gasteiger partial charge in [-0.15, -0.1) is 0 Å². The number of carbonyl (C=O) groups excluding carboxylic acids is 1. The first-order chi connectivity index (χ1) is 9.20. The normalized spacial score (nSPS) is 17.4. The lowest BCUT2D eigenvalue weighted by Crippen LogP contribution is -2.21. The van der Waals surface area contributed by atoms with Crippen LogP contribution >= 0.6 is 0 Å². The lowest BCUT2D eigenvalue weighted by atomic mass is 10.1. The van der Waals surface area contributed by atoms with E-state index in [1.54, 1.807) is 12.1 Å². The molecule has 1 heterocycles. The highest BCUT2D eigenvalue weighted by molar-refractivity contribution is 5.76. The van der Waals surface area contributed by atoms with Crippen molar-refractivity contribution in [2.45, 2.75) is 25.4 Å². The van der Waals surface area contributed by atoms with Gasteiger partial charge in [0.25, 0.3) is 0 Å². The van der Waals surface area contributed by atoms with Crippen molar-refractivity contribution in [1.29, 1.82) is 0 Å². The maximum Gasteiger partial charge on any atom is 0.339 e. The molecular weight excluding hydrogens is 242 g/mol. The van der Waals surface area contributed by atoms with Gasteiger partial charge in [0, 0.05) is 6.54 Å². The second-order valence-corrected chi connectivity index (χ2v) is 4.97. The fourth-order valence-corrected chi connectivity index (χ4v) is 2.41. The number of methoxy groups -OCH3 is 1. The van der Waals surface area contributed by atoms with Crippen molar-refractivity contribution < 1.29 is 14.6 Å². The van der Waals surface area contributed by atoms with Crippen LogP contribution in [0, 0.1) is 0 Å². The molecule has 0 amide bonds. The van der Waals surface area contributed by atoms with Crippen molar-refractivity contribution in [3.63, 3.8) is 0 Å². The van der Waals surface area contributed by atoms with Crippen LogP contribution in [0.4, 0.5) is 0 Å². The molecule has 4 heteroatoms. The van der Waals surface area contributed by atoms with Gasteiger partial charge in [-0.2, -0.15) is 0 Å². The van der Waals surface area contributed by atoms with Gasteiger partial charge < -0.3 is 14.7 Å². The summed E-state index contributed by atoms with van der Waals surface area (Å²) in [5, 5.41) is 9.70. The number of ether oxygens (including phenoxy) is 1. The van der Waals surface area contributed by atoms with Crippen LogP contribution in [-0.4, -0.2) is 42.7 Å². The van der Waals surface area contributed by atoms with Gasteiger partial charge in [-0.05, 0) is 43.5 Å². The van der Waals surface area contributed by atoms with Gasteiger partial charge in [-0.1, -0.05) is 24.3 Å². The van der Waals surface area contributed by atoms with E-state index in [9.17, 15) is 9.90 Å². The van der Waals surface area contributed by atoms with E-state index in [-0.39, 0.29) is 0 Å². The summed E-state index contributed by atoms with van der Waals surface area (Å²) in [6.07, 6.45) is 2.45. The molecule has 4 nitrogen and oxygen atoms in total. The van der Waals surface area contributed by atoms with Gasteiger partial charge in [-0.25, -0.2) is 4.79 Å². The van der Waals surface area contributed by atoms with Crippen molar-refractivity contribution in [3.8, 4) is 0 Å². The predicted molar refractivity (Wildman–Crippen MR) is 72.8 cm³/mol. The molecule has 19 heavy (non-hydrogen) atoms. The van der Waals surface area contributed by atoms with E-state index in [4.69, 9.17) is 0 Å². The van der Waals surface area contributed by atoms with E-state index in [1.807, 2.05) is 12.1 Å². The van der Waals surface area contributed by atoms with E-state index in [1.165, 1.54) is 38.6 Å². The number of carbonyl (C=O) groups is 1. The van der Waals surface area contributed by atoms with Gasteiger partial charge in [0.1, 0.15) is 0 Å². The van der Waals surface area contributed by atoms with Crippen LogP contribution in [0.5, 0.6) is 0 Å². The number of hydrogen-bond acceptors (Lipinski definition) is 4. The maximum absolute atomic E-state index is 11.2. The first-order valence-electron chi connectivity index (χ1n) is 6.78. The van der Waals surface area contributed by atoms with Crippen LogP contribution in [0.2, 0.25) is 0 Å². The van der Waals surface area contributed by atoms with E-state index in [0.29, 0.717) is 5.56 Å². The van der Waals surface area contributed by atoms with E-state index < -0.39 is 12.1 Å². The van der Waals surface area contributed by atoms with Gasteiger partial charge in [-0.3, -0.25) is 0 Å². The third kappa shape index (κ3) is 3.78. The Morgan fingerprint density at radius 1 is 1.32 bits per heavy atom. The smallest absolute Gasteiger partial charge is 0.339 e. The second-order valence-electron chi connectivity index (χ2n) is 4.97. The lowest BCUT2D eigenvalue weighted by Gasteiger charge is -2.14. The standard InChI is InChI=1S/C15H21NO3/c1-19-15(18)14(17)13-6-4-12(5-7-13)8-11-16-9-2-3-10-16/h4-7,14,17H,2-3,8-11H2,1H3. The molecule has 0 saturated carbocycles. The van der Waals surface area contributed by atoms with Crippen molar-refractivity contribution >= 4 is 5.97 Å². The Balaban J connectivity index is 1.88. The summed E-state index contributed by atoms with van der Waals surface area (Å²) in [6.45, 7) is 3.50. The van der Waals surface area contributed by atoms with Crippen LogP contribution in [-0.2, 0) is 16.0 Å². The molecule has 1 aromatic rings. The Hall–Kier alpha value is -1.39. The molecule has 2 rings (SSSR count). The van der Waals surface area contributed by atoms with Gasteiger partial charge in [0.05, 0.1) is 7.11 Å². The van der Waals surface area contributed by atoms with Crippen molar-refractivity contribution in [2.24, 2.45) is 0 Å². The number of rotatable bonds is 5. The molecule has 0 aliphatic carbocycles. The van der Waals surface area contributed by atoms with Crippen LogP contribution in [0.25, 0.3) is 0 Å². The largest absolute Gasteiger partial charge is 0.467 e. The summed E-state index contributed by atoms with van der Waals surface area (Å²) in [4.78, 5) is 13.7. The van der Waals surface area contributed by atoms with E-state index in [0.717, 1.165) is 13.0 Å². The van der Waals surface area contributed by atoms with Crippen LogP contribution in [0.15, 0.2) is 24.3 Å². The third-order valence-electron chi connectivity index (χ3n) is 3.64. The van der Waals surface area contributed by atoms with Crippen molar-refractivity contribution in [1.82, 2.24) is 4.90 Å². The molecule has 1 aliphatic rings. The molecule has 0 aromatic heterocycles. The molecule has 1 saturated heterocycles. The molecule has 1 fully saturated rings. The summed E-state index contributed by atoms with van der Waals surface area (Å²) >= 11 is 0. The average molecular weight is 263 g/mol. The SMILES string of the molecule is COC(=O)C(O)c1ccc(CCN2CCCC2)cc1. The number of nitrogens with zero attached hydrogens (tertiary/aromatic N) is 1. The molecule has 0 spiro atoms. The third-order valence-corrected chi connectivity index (χ3v) is 3.64. The number of hydrogen-bond donors (Lipinski definition) is 1. The number of esters is 1. The van der Waals surface area contributed by atoms with E-state index in [2.05, 4.69) is 9.64 Å². The zero-order valence-corrected chi connectivity index (χ0v) is 11.3. The summed E-state index contributed by atoms with van der Waals surface area (Å²) in [6, 6.07) is 7.52. The number of likely N-dealkylation sites (tertiary alicyclic amines) is 1. The first-order valence-corrected chi connectivity index (χ1v) is 6.78. The first kappa shape index (κ1) is 14.0. The fraction of sp³-hybridized carbons (Fsp3) is 0.533. The number of aliphatic hydroxyl groups is 1.